The molecule has 0 saturated carbocycles. The van der Waals surface area contributed by atoms with Crippen LogP contribution in [0.25, 0.3) is 10.9 Å². The van der Waals surface area contributed by atoms with Crippen LogP contribution < -0.4 is 16.1 Å². The molecule has 0 atom stereocenters. The summed E-state index contributed by atoms with van der Waals surface area (Å²) in [5, 5.41) is 5.91. The van der Waals surface area contributed by atoms with Crippen LogP contribution in [0.3, 0.4) is 0 Å². The Hall–Kier alpha value is -3.61. The number of aromatic nitrogens is 1. The topological polar surface area (TPSA) is 100 Å². The van der Waals surface area contributed by atoms with Crippen LogP contribution in [0, 0.1) is 0 Å². The van der Waals surface area contributed by atoms with Crippen LogP contribution in [0.15, 0.2) is 59.5 Å². The largest absolute Gasteiger partial charge is 0.453 e. The summed E-state index contributed by atoms with van der Waals surface area (Å²) in [6, 6.07) is 14.3. The summed E-state index contributed by atoms with van der Waals surface area (Å²) in [6.45, 7) is 4.38. The number of hydrogen-bond donors (Lipinski definition) is 3. The molecule has 3 aromatic rings. The van der Waals surface area contributed by atoms with Crippen LogP contribution >= 0.6 is 0 Å². The van der Waals surface area contributed by atoms with Crippen molar-refractivity contribution in [3.8, 4) is 0 Å². The Balaban J connectivity index is 1.74. The van der Waals surface area contributed by atoms with Gasteiger partial charge in [0.1, 0.15) is 5.56 Å². The number of pyridine rings is 1. The number of benzene rings is 2. The summed E-state index contributed by atoms with van der Waals surface area (Å²) in [6.07, 6.45) is 0.943. The highest BCUT2D eigenvalue weighted by molar-refractivity contribution is 6.05. The zero-order chi connectivity index (χ0) is 21.0. The van der Waals surface area contributed by atoms with E-state index in [-0.39, 0.29) is 16.4 Å². The minimum atomic E-state index is -0.484. The number of amides is 2. The molecule has 7 nitrogen and oxygen atoms in total. The van der Waals surface area contributed by atoms with E-state index >= 15 is 0 Å². The van der Waals surface area contributed by atoms with Crippen LogP contribution in [0.5, 0.6) is 0 Å². The second-order valence-corrected chi connectivity index (χ2v) is 7.34. The molecule has 150 valence electrons. The standard InChI is InChI=1S/C22H23N3O4/c1-22(2,13-24-21(28)29-3)14-8-10-15(11-9-14)25-20(27)17-12-23-18-7-5-4-6-16(18)19(17)26/h4-12H,13H2,1-3H3,(H,23,26)(H,24,28)(H,25,27). The molecule has 29 heavy (non-hydrogen) atoms. The quantitative estimate of drug-likeness (QED) is 0.618. The van der Waals surface area contributed by atoms with Gasteiger partial charge in [0, 0.05) is 34.7 Å². The number of aromatic amines is 1. The molecule has 0 bridgehead atoms. The zero-order valence-corrected chi connectivity index (χ0v) is 16.5. The Morgan fingerprint density at radius 2 is 1.76 bits per heavy atom. The first-order valence-electron chi connectivity index (χ1n) is 9.16. The van der Waals surface area contributed by atoms with Crippen molar-refractivity contribution in [2.45, 2.75) is 19.3 Å². The number of alkyl carbamates (subject to hydrolysis) is 1. The molecule has 3 rings (SSSR count). The molecular formula is C22H23N3O4. The number of carbonyl (C=O) groups excluding carboxylic acids is 2. The van der Waals surface area contributed by atoms with Crippen LogP contribution in [0.1, 0.15) is 29.8 Å². The molecule has 1 aromatic heterocycles. The number of rotatable bonds is 5. The molecule has 0 spiro atoms. The summed E-state index contributed by atoms with van der Waals surface area (Å²) in [7, 11) is 1.32. The van der Waals surface area contributed by atoms with Crippen LogP contribution in [-0.2, 0) is 10.2 Å². The molecule has 0 fully saturated rings. The van der Waals surface area contributed by atoms with Gasteiger partial charge in [-0.1, -0.05) is 38.1 Å². The van der Waals surface area contributed by atoms with E-state index < -0.39 is 12.0 Å². The first kappa shape index (κ1) is 20.1. The molecule has 0 aliphatic heterocycles. The maximum absolute atomic E-state index is 12.6. The van der Waals surface area contributed by atoms with Gasteiger partial charge in [0.15, 0.2) is 0 Å². The molecule has 2 amide bonds. The van der Waals surface area contributed by atoms with E-state index in [9.17, 15) is 14.4 Å². The predicted octanol–water partition coefficient (Wildman–Crippen LogP) is 3.41. The summed E-state index contributed by atoms with van der Waals surface area (Å²) in [4.78, 5) is 39.4. The number of ether oxygens (including phenoxy) is 1. The normalized spacial score (nSPS) is 11.1. The SMILES string of the molecule is COC(=O)NCC(C)(C)c1ccc(NC(=O)c2c[nH]c3ccccc3c2=O)cc1. The lowest BCUT2D eigenvalue weighted by Gasteiger charge is -2.25. The summed E-state index contributed by atoms with van der Waals surface area (Å²) >= 11 is 0. The molecule has 0 aliphatic carbocycles. The maximum Gasteiger partial charge on any atom is 0.406 e. The number of methoxy groups -OCH3 is 1. The summed E-state index contributed by atoms with van der Waals surface area (Å²) in [5.41, 5.74) is 1.64. The van der Waals surface area contributed by atoms with Gasteiger partial charge in [0.25, 0.3) is 5.91 Å². The molecule has 0 unspecified atom stereocenters. The van der Waals surface area contributed by atoms with Gasteiger partial charge in [-0.25, -0.2) is 4.79 Å². The number of carbonyl (C=O) groups is 2. The Morgan fingerprint density at radius 1 is 1.07 bits per heavy atom. The fourth-order valence-corrected chi connectivity index (χ4v) is 3.01. The first-order chi connectivity index (χ1) is 13.8. The van der Waals surface area contributed by atoms with Crippen molar-refractivity contribution in [3.63, 3.8) is 0 Å². The summed E-state index contributed by atoms with van der Waals surface area (Å²) < 4.78 is 4.60. The van der Waals surface area contributed by atoms with Crippen molar-refractivity contribution in [2.24, 2.45) is 0 Å². The van der Waals surface area contributed by atoms with Crippen molar-refractivity contribution in [1.82, 2.24) is 10.3 Å². The Bertz CT molecular complexity index is 1100. The molecule has 7 heteroatoms. The van der Waals surface area contributed by atoms with E-state index in [0.717, 1.165) is 5.56 Å². The fourth-order valence-electron chi connectivity index (χ4n) is 3.01. The van der Waals surface area contributed by atoms with E-state index in [2.05, 4.69) is 20.4 Å². The van der Waals surface area contributed by atoms with Gasteiger partial charge in [-0.05, 0) is 29.8 Å². The zero-order valence-electron chi connectivity index (χ0n) is 16.5. The molecule has 0 aliphatic rings. The number of anilines is 1. The van der Waals surface area contributed by atoms with Crippen molar-refractivity contribution in [1.29, 1.82) is 0 Å². The minimum absolute atomic E-state index is 0.0513. The monoisotopic (exact) mass is 393 g/mol. The van der Waals surface area contributed by atoms with Crippen LogP contribution in [0.2, 0.25) is 0 Å². The number of nitrogens with one attached hydrogen (secondary N) is 3. The summed E-state index contributed by atoms with van der Waals surface area (Å²) in [5.74, 6) is -0.476. The molecule has 0 radical (unpaired) electrons. The number of H-pyrrole nitrogens is 1. The minimum Gasteiger partial charge on any atom is -0.453 e. The molecule has 1 heterocycles. The number of para-hydroxylation sites is 1. The lowest BCUT2D eigenvalue weighted by molar-refractivity contribution is 0.102. The van der Waals surface area contributed by atoms with E-state index in [1.165, 1.54) is 13.3 Å². The molecular weight excluding hydrogens is 370 g/mol. The van der Waals surface area contributed by atoms with Gasteiger partial charge in [-0.15, -0.1) is 0 Å². The van der Waals surface area contributed by atoms with E-state index in [1.54, 1.807) is 30.3 Å². The third-order valence-electron chi connectivity index (χ3n) is 4.82. The third kappa shape index (κ3) is 4.45. The third-order valence-corrected chi connectivity index (χ3v) is 4.82. The second-order valence-electron chi connectivity index (χ2n) is 7.34. The highest BCUT2D eigenvalue weighted by atomic mass is 16.5. The Labute approximate surface area is 168 Å². The number of fused-ring (bicyclic) bond motifs is 1. The molecule has 0 saturated heterocycles. The first-order valence-corrected chi connectivity index (χ1v) is 9.16. The average Bonchev–Trinajstić information content (AvgIpc) is 2.73. The van der Waals surface area contributed by atoms with Gasteiger partial charge < -0.3 is 20.4 Å². The van der Waals surface area contributed by atoms with Crippen LogP contribution in [0.4, 0.5) is 10.5 Å². The molecule has 2 aromatic carbocycles. The van der Waals surface area contributed by atoms with Crippen molar-refractivity contribution in [3.05, 3.63) is 76.1 Å². The lowest BCUT2D eigenvalue weighted by atomic mass is 9.84. The van der Waals surface area contributed by atoms with Gasteiger partial charge in [0.2, 0.25) is 5.43 Å². The van der Waals surface area contributed by atoms with E-state index in [1.807, 2.05) is 32.0 Å². The second kappa shape index (κ2) is 8.18. The van der Waals surface area contributed by atoms with E-state index in [4.69, 9.17) is 0 Å². The highest BCUT2D eigenvalue weighted by Gasteiger charge is 2.22. The average molecular weight is 393 g/mol. The lowest BCUT2D eigenvalue weighted by Crippen LogP contribution is -2.36. The maximum atomic E-state index is 12.6. The van der Waals surface area contributed by atoms with E-state index in [0.29, 0.717) is 23.1 Å². The molecule has 3 N–H and O–H groups in total. The highest BCUT2D eigenvalue weighted by Crippen LogP contribution is 2.24. The van der Waals surface area contributed by atoms with Gasteiger partial charge in [-0.3, -0.25) is 9.59 Å². The van der Waals surface area contributed by atoms with Crippen molar-refractivity contribution >= 4 is 28.6 Å². The predicted molar refractivity (Wildman–Crippen MR) is 112 cm³/mol. The van der Waals surface area contributed by atoms with Crippen LogP contribution in [-0.4, -0.2) is 30.6 Å². The van der Waals surface area contributed by atoms with Gasteiger partial charge in [0.05, 0.1) is 7.11 Å². The smallest absolute Gasteiger partial charge is 0.406 e. The number of hydrogen-bond acceptors (Lipinski definition) is 4. The Kier molecular flexibility index (Phi) is 5.68. The van der Waals surface area contributed by atoms with Gasteiger partial charge in [-0.2, -0.15) is 0 Å². The fraction of sp³-hybridized carbons (Fsp3) is 0.227. The Morgan fingerprint density at radius 3 is 2.45 bits per heavy atom. The van der Waals surface area contributed by atoms with Gasteiger partial charge >= 0.3 is 6.09 Å². The van der Waals surface area contributed by atoms with Crippen molar-refractivity contribution in [2.75, 3.05) is 19.0 Å². The van der Waals surface area contributed by atoms with Crippen molar-refractivity contribution < 1.29 is 14.3 Å².